The summed E-state index contributed by atoms with van der Waals surface area (Å²) in [6, 6.07) is 6.76. The number of rotatable bonds is 4. The zero-order chi connectivity index (χ0) is 15.7. The van der Waals surface area contributed by atoms with E-state index < -0.39 is 11.1 Å². The van der Waals surface area contributed by atoms with Crippen molar-refractivity contribution < 1.29 is 23.1 Å². The number of amides is 2. The zero-order valence-electron chi connectivity index (χ0n) is 11.9. The van der Waals surface area contributed by atoms with Gasteiger partial charge in [0.1, 0.15) is 5.94 Å². The molecule has 6 nitrogen and oxygen atoms in total. The second kappa shape index (κ2) is 6.28. The number of imide groups is 1. The van der Waals surface area contributed by atoms with E-state index >= 15 is 0 Å². The summed E-state index contributed by atoms with van der Waals surface area (Å²) in [5.41, 5.74) is 0.947. The van der Waals surface area contributed by atoms with E-state index in [0.29, 0.717) is 36.8 Å². The van der Waals surface area contributed by atoms with Crippen LogP contribution in [0.3, 0.4) is 0 Å². The Morgan fingerprint density at radius 1 is 1.09 bits per heavy atom. The molecule has 0 radical (unpaired) electrons. The maximum atomic E-state index is 12.4. The molecule has 7 heteroatoms. The van der Waals surface area contributed by atoms with Crippen molar-refractivity contribution in [2.45, 2.75) is 37.8 Å². The molecule has 1 aliphatic carbocycles. The Morgan fingerprint density at radius 2 is 1.64 bits per heavy atom. The van der Waals surface area contributed by atoms with E-state index in [4.69, 9.17) is 9.29 Å². The first-order valence-electron chi connectivity index (χ1n) is 7.24. The van der Waals surface area contributed by atoms with Crippen molar-refractivity contribution in [3.63, 3.8) is 0 Å². The lowest BCUT2D eigenvalue weighted by molar-refractivity contribution is 0.0263. The molecule has 1 atom stereocenters. The number of fused-ring (bicyclic) bond motifs is 1. The van der Waals surface area contributed by atoms with E-state index in [0.717, 1.165) is 0 Å². The van der Waals surface area contributed by atoms with Gasteiger partial charge in [0.25, 0.3) is 11.8 Å². The third-order valence-electron chi connectivity index (χ3n) is 4.24. The SMILES string of the molecule is O=C1c2ccccc2C(=O)N1C1CCC(OCS(=O)O)CC1. The van der Waals surface area contributed by atoms with Gasteiger partial charge in [0.05, 0.1) is 17.2 Å². The molecule has 1 aromatic rings. The van der Waals surface area contributed by atoms with E-state index in [2.05, 4.69) is 0 Å². The van der Waals surface area contributed by atoms with Gasteiger partial charge in [0.15, 0.2) is 11.1 Å². The molecule has 3 rings (SSSR count). The Kier molecular flexibility index (Phi) is 4.37. The van der Waals surface area contributed by atoms with Crippen LogP contribution in [-0.2, 0) is 15.8 Å². The third kappa shape index (κ3) is 2.84. The Bertz CT molecular complexity index is 589. The lowest BCUT2D eigenvalue weighted by Gasteiger charge is -2.33. The summed E-state index contributed by atoms with van der Waals surface area (Å²) >= 11 is -1.96. The van der Waals surface area contributed by atoms with Crippen LogP contribution in [-0.4, -0.2) is 43.6 Å². The molecule has 2 amide bonds. The van der Waals surface area contributed by atoms with E-state index in [9.17, 15) is 13.8 Å². The van der Waals surface area contributed by atoms with E-state index in [-0.39, 0.29) is 29.9 Å². The molecule has 1 aromatic carbocycles. The molecule has 1 fully saturated rings. The molecule has 2 aliphatic rings. The van der Waals surface area contributed by atoms with Crippen LogP contribution in [0, 0.1) is 0 Å². The fourth-order valence-corrected chi connectivity index (χ4v) is 3.47. The molecule has 1 heterocycles. The second-order valence-electron chi connectivity index (χ2n) is 5.56. The number of hydrogen-bond acceptors (Lipinski definition) is 4. The zero-order valence-corrected chi connectivity index (χ0v) is 12.8. The predicted molar refractivity (Wildman–Crippen MR) is 79.7 cm³/mol. The summed E-state index contributed by atoms with van der Waals surface area (Å²) in [7, 11) is 0. The fourth-order valence-electron chi connectivity index (χ4n) is 3.16. The lowest BCUT2D eigenvalue weighted by atomic mass is 9.92. The van der Waals surface area contributed by atoms with Gasteiger partial charge in [-0.3, -0.25) is 14.5 Å². The number of carbonyl (C=O) groups excluding carboxylic acids is 2. The largest absolute Gasteiger partial charge is 0.362 e. The van der Waals surface area contributed by atoms with Crippen LogP contribution < -0.4 is 0 Å². The number of carbonyl (C=O) groups is 2. The Labute approximate surface area is 130 Å². The topological polar surface area (TPSA) is 83.9 Å². The highest BCUT2D eigenvalue weighted by molar-refractivity contribution is 7.79. The van der Waals surface area contributed by atoms with Crippen LogP contribution in [0.1, 0.15) is 46.4 Å². The van der Waals surface area contributed by atoms with Crippen molar-refractivity contribution >= 4 is 22.9 Å². The van der Waals surface area contributed by atoms with E-state index in [1.54, 1.807) is 24.3 Å². The number of ether oxygens (including phenoxy) is 1. The molecule has 1 N–H and O–H groups in total. The highest BCUT2D eigenvalue weighted by Crippen LogP contribution is 2.31. The second-order valence-corrected chi connectivity index (χ2v) is 6.44. The van der Waals surface area contributed by atoms with Crippen molar-refractivity contribution in [2.75, 3.05) is 5.94 Å². The van der Waals surface area contributed by atoms with Gasteiger partial charge >= 0.3 is 0 Å². The highest BCUT2D eigenvalue weighted by Gasteiger charge is 2.40. The minimum Gasteiger partial charge on any atom is -0.362 e. The van der Waals surface area contributed by atoms with Gasteiger partial charge in [-0.25, -0.2) is 4.21 Å². The van der Waals surface area contributed by atoms with Gasteiger partial charge in [-0.15, -0.1) is 0 Å². The molecule has 0 aromatic heterocycles. The molecule has 22 heavy (non-hydrogen) atoms. The van der Waals surface area contributed by atoms with Gasteiger partial charge in [-0.05, 0) is 37.8 Å². The standard InChI is InChI=1S/C15H17NO5S/c17-14-12-3-1-2-4-13(12)15(18)16(14)10-5-7-11(8-6-10)21-9-22(19)20/h1-4,10-11H,5-9H2,(H,19,20). The van der Waals surface area contributed by atoms with Crippen molar-refractivity contribution in [1.82, 2.24) is 4.90 Å². The lowest BCUT2D eigenvalue weighted by Crippen LogP contribution is -2.43. The third-order valence-corrected chi connectivity index (χ3v) is 4.58. The first-order chi connectivity index (χ1) is 10.6. The molecule has 1 unspecified atom stereocenters. The van der Waals surface area contributed by atoms with Crippen molar-refractivity contribution in [3.05, 3.63) is 35.4 Å². The average molecular weight is 323 g/mol. The van der Waals surface area contributed by atoms with E-state index in [1.807, 2.05) is 0 Å². The van der Waals surface area contributed by atoms with Crippen LogP contribution in [0.2, 0.25) is 0 Å². The summed E-state index contributed by atoms with van der Waals surface area (Å²) in [5.74, 6) is -0.634. The summed E-state index contributed by atoms with van der Waals surface area (Å²) in [6.07, 6.45) is 2.59. The average Bonchev–Trinajstić information content (AvgIpc) is 2.78. The Balaban J connectivity index is 1.64. The molecule has 1 aliphatic heterocycles. The predicted octanol–water partition coefficient (Wildman–Crippen LogP) is 1.79. The van der Waals surface area contributed by atoms with Crippen molar-refractivity contribution in [1.29, 1.82) is 0 Å². The minimum absolute atomic E-state index is 0.0810. The maximum Gasteiger partial charge on any atom is 0.261 e. The summed E-state index contributed by atoms with van der Waals surface area (Å²) < 4.78 is 24.7. The number of nitrogens with zero attached hydrogens (tertiary/aromatic N) is 1. The van der Waals surface area contributed by atoms with Crippen LogP contribution in [0.15, 0.2) is 24.3 Å². The normalized spacial score (nSPS) is 26.1. The quantitative estimate of drug-likeness (QED) is 0.674. The molecule has 0 spiro atoms. The molecule has 1 saturated carbocycles. The minimum atomic E-state index is -1.96. The van der Waals surface area contributed by atoms with Crippen molar-refractivity contribution in [3.8, 4) is 0 Å². The van der Waals surface area contributed by atoms with Gasteiger partial charge in [-0.2, -0.15) is 0 Å². The molecule has 0 saturated heterocycles. The first kappa shape index (κ1) is 15.3. The van der Waals surface area contributed by atoms with Gasteiger partial charge in [0, 0.05) is 6.04 Å². The number of hydrogen-bond donors (Lipinski definition) is 1. The maximum absolute atomic E-state index is 12.4. The molecule has 0 bridgehead atoms. The number of benzene rings is 1. The van der Waals surface area contributed by atoms with Crippen LogP contribution in [0.5, 0.6) is 0 Å². The highest BCUT2D eigenvalue weighted by atomic mass is 32.2. The summed E-state index contributed by atoms with van der Waals surface area (Å²) in [5, 5.41) is 0. The molecular weight excluding hydrogens is 306 g/mol. The van der Waals surface area contributed by atoms with E-state index in [1.165, 1.54) is 4.90 Å². The molecule has 118 valence electrons. The van der Waals surface area contributed by atoms with Crippen LogP contribution in [0.25, 0.3) is 0 Å². The fraction of sp³-hybridized carbons (Fsp3) is 0.467. The Hall–Kier alpha value is -1.57. The first-order valence-corrected chi connectivity index (χ1v) is 8.51. The molecular formula is C15H17NO5S. The van der Waals surface area contributed by atoms with Gasteiger partial charge in [0.2, 0.25) is 0 Å². The van der Waals surface area contributed by atoms with Gasteiger partial charge in [-0.1, -0.05) is 12.1 Å². The monoisotopic (exact) mass is 323 g/mol. The van der Waals surface area contributed by atoms with Crippen LogP contribution in [0.4, 0.5) is 0 Å². The van der Waals surface area contributed by atoms with Gasteiger partial charge < -0.3 is 9.29 Å². The Morgan fingerprint density at radius 3 is 2.14 bits per heavy atom. The smallest absolute Gasteiger partial charge is 0.261 e. The summed E-state index contributed by atoms with van der Waals surface area (Å²) in [6.45, 7) is 0. The summed E-state index contributed by atoms with van der Waals surface area (Å²) in [4.78, 5) is 26.2. The van der Waals surface area contributed by atoms with Crippen LogP contribution >= 0.6 is 0 Å². The van der Waals surface area contributed by atoms with Crippen molar-refractivity contribution in [2.24, 2.45) is 0 Å².